The minimum Gasteiger partial charge on any atom is -0.447 e. The molecule has 1 aliphatic rings. The highest BCUT2D eigenvalue weighted by Crippen LogP contribution is 2.32. The number of hydrogen-bond acceptors (Lipinski definition) is 11. The molecule has 5 aromatic rings. The summed E-state index contributed by atoms with van der Waals surface area (Å²) in [6.07, 6.45) is 5.37. The van der Waals surface area contributed by atoms with E-state index in [9.17, 15) is 9.59 Å². The number of anilines is 1. The van der Waals surface area contributed by atoms with Crippen LogP contribution in [0.2, 0.25) is 5.02 Å². The Labute approximate surface area is 261 Å². The fourth-order valence-electron chi connectivity index (χ4n) is 5.00. The third kappa shape index (κ3) is 6.90. The summed E-state index contributed by atoms with van der Waals surface area (Å²) in [6, 6.07) is 9.88. The van der Waals surface area contributed by atoms with Crippen molar-refractivity contribution in [2.45, 2.75) is 25.8 Å². The summed E-state index contributed by atoms with van der Waals surface area (Å²) in [5.74, 6) is 1.61. The van der Waals surface area contributed by atoms with Gasteiger partial charge < -0.3 is 19.2 Å². The molecule has 1 aliphatic heterocycles. The molecule has 16 heteroatoms. The number of aromatic nitrogens is 9. The molecule has 6 rings (SSSR count). The number of hydrogen-bond donors (Lipinski definition) is 2. The van der Waals surface area contributed by atoms with Crippen molar-refractivity contribution in [1.29, 1.82) is 0 Å². The quantitative estimate of drug-likeness (QED) is 0.193. The zero-order valence-corrected chi connectivity index (χ0v) is 25.0. The molecular weight excluding hydrogens is 604 g/mol. The Morgan fingerprint density at radius 2 is 1.96 bits per heavy atom. The first-order chi connectivity index (χ1) is 22.0. The van der Waals surface area contributed by atoms with E-state index >= 15 is 0 Å². The highest BCUT2D eigenvalue weighted by Gasteiger charge is 2.29. The first-order valence-corrected chi connectivity index (χ1v) is 14.6. The van der Waals surface area contributed by atoms with E-state index in [1.807, 2.05) is 6.92 Å². The summed E-state index contributed by atoms with van der Waals surface area (Å²) in [5, 5.41) is 14.5. The molecule has 232 valence electrons. The van der Waals surface area contributed by atoms with E-state index in [2.05, 4.69) is 35.8 Å². The summed E-state index contributed by atoms with van der Waals surface area (Å²) in [6.45, 7) is 3.86. The van der Waals surface area contributed by atoms with Crippen LogP contribution in [0.1, 0.15) is 31.0 Å². The fraction of sp³-hybridized carbons (Fsp3) is 0.310. The normalized spacial score (nSPS) is 14.0. The topological polar surface area (TPSA) is 177 Å². The summed E-state index contributed by atoms with van der Waals surface area (Å²) in [7, 11) is 0. The van der Waals surface area contributed by atoms with Gasteiger partial charge in [-0.25, -0.2) is 19.7 Å². The highest BCUT2D eigenvalue weighted by atomic mass is 35.5. The fourth-order valence-corrected chi connectivity index (χ4v) is 5.18. The van der Waals surface area contributed by atoms with Crippen molar-refractivity contribution in [2.24, 2.45) is 0 Å². The number of rotatable bonds is 12. The number of fused-ring (bicyclic) bond motifs is 1. The first-order valence-electron chi connectivity index (χ1n) is 14.3. The van der Waals surface area contributed by atoms with E-state index in [0.29, 0.717) is 77.8 Å². The van der Waals surface area contributed by atoms with Gasteiger partial charge >= 0.3 is 6.09 Å². The first kappa shape index (κ1) is 30.1. The van der Waals surface area contributed by atoms with Gasteiger partial charge in [0.2, 0.25) is 0 Å². The van der Waals surface area contributed by atoms with Crippen LogP contribution in [0.4, 0.5) is 10.6 Å². The number of H-pyrrole nitrogens is 1. The average Bonchev–Trinajstić information content (AvgIpc) is 3.83. The Bertz CT molecular complexity index is 1820. The van der Waals surface area contributed by atoms with Gasteiger partial charge in [0.1, 0.15) is 30.4 Å². The van der Waals surface area contributed by atoms with Gasteiger partial charge in [-0.1, -0.05) is 11.6 Å². The van der Waals surface area contributed by atoms with Crippen molar-refractivity contribution < 1.29 is 19.0 Å². The Kier molecular flexibility index (Phi) is 9.19. The van der Waals surface area contributed by atoms with Crippen molar-refractivity contribution in [3.63, 3.8) is 0 Å². The second-order valence-corrected chi connectivity index (χ2v) is 10.4. The molecule has 4 aromatic heterocycles. The van der Waals surface area contributed by atoms with Crippen LogP contribution in [0.15, 0.2) is 59.9 Å². The van der Waals surface area contributed by atoms with Gasteiger partial charge in [0.05, 0.1) is 49.1 Å². The molecule has 0 saturated carbocycles. The average molecular weight is 633 g/mol. The molecule has 1 aromatic carbocycles. The zero-order chi connectivity index (χ0) is 31.2. The maximum absolute atomic E-state index is 13.4. The standard InChI is InChI=1S/C29H29ClN10O5/c1-2-43-9-10-44-11-12-45-29(42)36-25-7-3-18(15-31-25)22-16-32-28(35-22)24-6-8-26-34-21(14-27(41)40(24)26)20-13-19(30)4-5-23(20)39-17-33-37-38-39/h3-5,7,13-17,24H,2,6,8-12H2,1H3,(H,32,35)(H,31,36,42)/t24-/m0/s1. The molecule has 0 aliphatic carbocycles. The molecule has 0 saturated heterocycles. The number of carbonyl (C=O) groups excluding carboxylic acids is 1. The van der Waals surface area contributed by atoms with Crippen LogP contribution < -0.4 is 10.9 Å². The van der Waals surface area contributed by atoms with Crippen molar-refractivity contribution in [3.8, 4) is 28.2 Å². The number of aromatic amines is 1. The number of imidazole rings is 1. The second-order valence-electron chi connectivity index (χ2n) is 9.92. The van der Waals surface area contributed by atoms with E-state index in [1.54, 1.807) is 47.3 Å². The molecule has 2 N–H and O–H groups in total. The van der Waals surface area contributed by atoms with Gasteiger partial charge in [-0.2, -0.15) is 4.68 Å². The molecule has 0 fully saturated rings. The van der Waals surface area contributed by atoms with Gasteiger partial charge in [0.15, 0.2) is 0 Å². The molecule has 0 bridgehead atoms. The number of carbonyl (C=O) groups is 1. The number of amides is 1. The van der Waals surface area contributed by atoms with Gasteiger partial charge in [0.25, 0.3) is 5.56 Å². The van der Waals surface area contributed by atoms with Crippen LogP contribution >= 0.6 is 11.6 Å². The van der Waals surface area contributed by atoms with E-state index in [0.717, 1.165) is 5.56 Å². The maximum atomic E-state index is 13.4. The minimum absolute atomic E-state index is 0.111. The molecule has 1 amide bonds. The summed E-state index contributed by atoms with van der Waals surface area (Å²) in [5.41, 5.74) is 3.03. The lowest BCUT2D eigenvalue weighted by Crippen LogP contribution is -2.25. The van der Waals surface area contributed by atoms with E-state index < -0.39 is 6.09 Å². The molecule has 15 nitrogen and oxygen atoms in total. The number of aryl methyl sites for hydroxylation is 1. The van der Waals surface area contributed by atoms with Crippen molar-refractivity contribution in [2.75, 3.05) is 38.4 Å². The van der Waals surface area contributed by atoms with Crippen LogP contribution in [0.25, 0.3) is 28.2 Å². The monoisotopic (exact) mass is 632 g/mol. The number of pyridine rings is 1. The van der Waals surface area contributed by atoms with Crippen molar-refractivity contribution in [3.05, 3.63) is 82.1 Å². The lowest BCUT2D eigenvalue weighted by molar-refractivity contribution is 0.0333. The van der Waals surface area contributed by atoms with E-state index in [1.165, 1.54) is 17.1 Å². The molecule has 0 spiro atoms. The highest BCUT2D eigenvalue weighted by molar-refractivity contribution is 6.31. The lowest BCUT2D eigenvalue weighted by Gasteiger charge is -2.14. The van der Waals surface area contributed by atoms with Crippen LogP contribution in [0.3, 0.4) is 0 Å². The van der Waals surface area contributed by atoms with E-state index in [4.69, 9.17) is 30.8 Å². The van der Waals surface area contributed by atoms with Crippen molar-refractivity contribution in [1.82, 2.24) is 44.7 Å². The smallest absolute Gasteiger partial charge is 0.412 e. The predicted molar refractivity (Wildman–Crippen MR) is 162 cm³/mol. The molecule has 45 heavy (non-hydrogen) atoms. The van der Waals surface area contributed by atoms with Crippen LogP contribution in [-0.4, -0.2) is 83.8 Å². The summed E-state index contributed by atoms with van der Waals surface area (Å²) >= 11 is 6.29. The largest absolute Gasteiger partial charge is 0.447 e. The van der Waals surface area contributed by atoms with E-state index in [-0.39, 0.29) is 24.8 Å². The number of halogens is 1. The predicted octanol–water partition coefficient (Wildman–Crippen LogP) is 3.46. The zero-order valence-electron chi connectivity index (χ0n) is 24.2. The summed E-state index contributed by atoms with van der Waals surface area (Å²) in [4.78, 5) is 42.5. The number of nitrogens with one attached hydrogen (secondary N) is 2. The Balaban J connectivity index is 1.12. The van der Waals surface area contributed by atoms with Gasteiger partial charge in [-0.15, -0.1) is 5.10 Å². The number of tetrazole rings is 1. The summed E-state index contributed by atoms with van der Waals surface area (Å²) < 4.78 is 18.8. The van der Waals surface area contributed by atoms with Crippen LogP contribution in [0, 0.1) is 0 Å². The maximum Gasteiger partial charge on any atom is 0.412 e. The molecule has 0 unspecified atom stereocenters. The minimum atomic E-state index is -0.628. The molecular formula is C29H29ClN10O5. The third-order valence-electron chi connectivity index (χ3n) is 7.06. The van der Waals surface area contributed by atoms with Crippen LogP contribution in [-0.2, 0) is 20.6 Å². The Hall–Kier alpha value is -4.99. The third-order valence-corrected chi connectivity index (χ3v) is 7.30. The lowest BCUT2D eigenvalue weighted by atomic mass is 10.1. The Morgan fingerprint density at radius 1 is 1.09 bits per heavy atom. The Morgan fingerprint density at radius 3 is 2.76 bits per heavy atom. The molecule has 1 atom stereocenters. The van der Waals surface area contributed by atoms with Crippen LogP contribution in [0.5, 0.6) is 0 Å². The number of nitrogens with zero attached hydrogens (tertiary/aromatic N) is 8. The SMILES string of the molecule is CCOCCOCCOC(=O)Nc1ccc(-c2cnc([C@@H]3CCc4nc(-c5cc(Cl)ccc5-n5cnnn5)cc(=O)n43)[nH]2)cn1. The number of ether oxygens (including phenoxy) is 3. The number of benzene rings is 1. The van der Waals surface area contributed by atoms with Crippen molar-refractivity contribution >= 4 is 23.5 Å². The molecule has 5 heterocycles. The van der Waals surface area contributed by atoms with Gasteiger partial charge in [-0.3, -0.25) is 14.7 Å². The van der Waals surface area contributed by atoms with Gasteiger partial charge in [-0.05, 0) is 54.1 Å². The molecule has 0 radical (unpaired) electrons. The second kappa shape index (κ2) is 13.8. The van der Waals surface area contributed by atoms with Gasteiger partial charge in [0, 0.05) is 41.4 Å².